The van der Waals surface area contributed by atoms with E-state index >= 15 is 0 Å². The molecule has 0 bridgehead atoms. The fourth-order valence-electron chi connectivity index (χ4n) is 1.82. The fourth-order valence-corrected chi connectivity index (χ4v) is 1.82. The summed E-state index contributed by atoms with van der Waals surface area (Å²) in [6, 6.07) is 4.32. The molecule has 0 aliphatic carbocycles. The third-order valence-electron chi connectivity index (χ3n) is 2.82. The number of rotatable bonds is 6. The maximum Gasteiger partial charge on any atom is 0.416 e. The van der Waals surface area contributed by atoms with Crippen LogP contribution in [0.5, 0.6) is 0 Å². The highest BCUT2D eigenvalue weighted by Crippen LogP contribution is 2.30. The van der Waals surface area contributed by atoms with E-state index in [0.29, 0.717) is 18.5 Å². The van der Waals surface area contributed by atoms with Gasteiger partial charge in [0.1, 0.15) is 0 Å². The number of carbonyl (C=O) groups is 1. The van der Waals surface area contributed by atoms with E-state index in [1.807, 2.05) is 6.92 Å². The first kappa shape index (κ1) is 15.3. The molecule has 0 unspecified atom stereocenters. The molecule has 0 aliphatic heterocycles. The predicted octanol–water partition coefficient (Wildman–Crippen LogP) is 4.02. The summed E-state index contributed by atoms with van der Waals surface area (Å²) in [5.41, 5.74) is -0.297. The van der Waals surface area contributed by atoms with Crippen molar-refractivity contribution < 1.29 is 18.0 Å². The minimum Gasteiger partial charge on any atom is -0.308 e. The molecule has 0 saturated carbocycles. The van der Waals surface area contributed by atoms with Gasteiger partial charge in [-0.05, 0) is 30.7 Å². The van der Waals surface area contributed by atoms with Gasteiger partial charge in [0.15, 0.2) is 0 Å². The molecule has 0 spiro atoms. The smallest absolute Gasteiger partial charge is 0.308 e. The van der Waals surface area contributed by atoms with E-state index in [-0.39, 0.29) is 6.04 Å². The van der Waals surface area contributed by atoms with Gasteiger partial charge in [-0.25, -0.2) is 0 Å². The average Bonchev–Trinajstić information content (AvgIpc) is 2.38. The predicted molar refractivity (Wildman–Crippen MR) is 68.9 cm³/mol. The van der Waals surface area contributed by atoms with Crippen LogP contribution in [0, 0.1) is 0 Å². The van der Waals surface area contributed by atoms with E-state index in [9.17, 15) is 18.0 Å². The van der Waals surface area contributed by atoms with Gasteiger partial charge in [0.2, 0.25) is 6.41 Å². The van der Waals surface area contributed by atoms with Gasteiger partial charge in [0.05, 0.1) is 11.6 Å². The second-order valence-corrected chi connectivity index (χ2v) is 4.15. The zero-order valence-electron chi connectivity index (χ0n) is 10.7. The summed E-state index contributed by atoms with van der Waals surface area (Å²) in [5, 5.41) is 0. The monoisotopic (exact) mass is 271 g/mol. The molecule has 2 nitrogen and oxygen atoms in total. The molecule has 0 saturated heterocycles. The van der Waals surface area contributed by atoms with Crippen LogP contribution < -0.4 is 4.90 Å². The topological polar surface area (TPSA) is 20.3 Å². The summed E-state index contributed by atoms with van der Waals surface area (Å²) >= 11 is 0. The first-order valence-corrected chi connectivity index (χ1v) is 5.97. The van der Waals surface area contributed by atoms with Crippen molar-refractivity contribution in [2.24, 2.45) is 0 Å². The van der Waals surface area contributed by atoms with E-state index in [1.54, 1.807) is 6.08 Å². The fraction of sp³-hybridized carbons (Fsp3) is 0.357. The normalized spacial score (nSPS) is 12.8. The molecule has 1 aromatic rings. The van der Waals surface area contributed by atoms with Crippen molar-refractivity contribution in [3.8, 4) is 0 Å². The molecule has 0 fully saturated rings. The first-order chi connectivity index (χ1) is 8.93. The third kappa shape index (κ3) is 3.84. The number of amides is 1. The van der Waals surface area contributed by atoms with Crippen LogP contribution in [0.2, 0.25) is 0 Å². The molecule has 0 radical (unpaired) electrons. The number of alkyl halides is 3. The van der Waals surface area contributed by atoms with Crippen LogP contribution in [-0.2, 0) is 11.0 Å². The van der Waals surface area contributed by atoms with Crippen molar-refractivity contribution in [3.63, 3.8) is 0 Å². The van der Waals surface area contributed by atoms with Crippen LogP contribution in [0.25, 0.3) is 0 Å². The summed E-state index contributed by atoms with van der Waals surface area (Å²) in [6.45, 7) is 5.61. The maximum absolute atomic E-state index is 12.4. The Bertz CT molecular complexity index is 425. The molecular formula is C14H16F3NO. The lowest BCUT2D eigenvalue weighted by Gasteiger charge is -2.25. The molecule has 1 rings (SSSR count). The lowest BCUT2D eigenvalue weighted by molar-refractivity contribution is -0.137. The number of halogens is 3. The minimum atomic E-state index is -4.37. The summed E-state index contributed by atoms with van der Waals surface area (Å²) < 4.78 is 37.3. The Morgan fingerprint density at radius 1 is 1.32 bits per heavy atom. The maximum atomic E-state index is 12.4. The van der Waals surface area contributed by atoms with Crippen molar-refractivity contribution in [2.75, 3.05) is 4.90 Å². The Balaban J connectivity index is 2.99. The van der Waals surface area contributed by atoms with E-state index < -0.39 is 11.7 Å². The number of anilines is 1. The average molecular weight is 271 g/mol. The highest BCUT2D eigenvalue weighted by Gasteiger charge is 2.30. The Kier molecular flexibility index (Phi) is 5.15. The number of benzene rings is 1. The number of nitrogens with zero attached hydrogens (tertiary/aromatic N) is 1. The Hall–Kier alpha value is -1.78. The van der Waals surface area contributed by atoms with Crippen LogP contribution in [0.15, 0.2) is 36.9 Å². The van der Waals surface area contributed by atoms with Gasteiger partial charge in [-0.15, -0.1) is 6.58 Å². The zero-order valence-corrected chi connectivity index (χ0v) is 10.7. The highest BCUT2D eigenvalue weighted by atomic mass is 19.4. The lowest BCUT2D eigenvalue weighted by atomic mass is 10.1. The van der Waals surface area contributed by atoms with Crippen molar-refractivity contribution >= 4 is 12.1 Å². The van der Waals surface area contributed by atoms with Gasteiger partial charge in [0, 0.05) is 5.69 Å². The van der Waals surface area contributed by atoms with Gasteiger partial charge in [0.25, 0.3) is 0 Å². The SMILES string of the molecule is C=C[C@@H](CCC)N(C=O)c1ccc(C(F)(F)F)cc1. The van der Waals surface area contributed by atoms with Crippen molar-refractivity contribution in [3.05, 3.63) is 42.5 Å². The summed E-state index contributed by atoms with van der Waals surface area (Å²) in [5.74, 6) is 0. The molecule has 1 aromatic carbocycles. The van der Waals surface area contributed by atoms with Crippen LogP contribution in [0.3, 0.4) is 0 Å². The molecule has 0 heterocycles. The Labute approximate surface area is 110 Å². The van der Waals surface area contributed by atoms with Crippen LogP contribution in [0.1, 0.15) is 25.3 Å². The number of carbonyl (C=O) groups excluding carboxylic acids is 1. The number of hydrogen-bond acceptors (Lipinski definition) is 1. The second-order valence-electron chi connectivity index (χ2n) is 4.15. The molecule has 0 N–H and O–H groups in total. The van der Waals surface area contributed by atoms with Gasteiger partial charge in [-0.2, -0.15) is 13.2 Å². The second kappa shape index (κ2) is 6.41. The quantitative estimate of drug-likeness (QED) is 0.565. The number of hydrogen-bond donors (Lipinski definition) is 0. The molecule has 1 amide bonds. The van der Waals surface area contributed by atoms with Gasteiger partial charge in [-0.1, -0.05) is 19.4 Å². The molecule has 0 aliphatic rings. The Morgan fingerprint density at radius 2 is 1.89 bits per heavy atom. The van der Waals surface area contributed by atoms with Crippen LogP contribution in [-0.4, -0.2) is 12.5 Å². The minimum absolute atomic E-state index is 0.209. The molecule has 0 aromatic heterocycles. The molecule has 5 heteroatoms. The molecule has 104 valence electrons. The van der Waals surface area contributed by atoms with E-state index in [4.69, 9.17) is 0 Å². The summed E-state index contributed by atoms with van der Waals surface area (Å²) in [6.07, 6.45) is -0.573. The van der Waals surface area contributed by atoms with Gasteiger partial charge < -0.3 is 4.90 Å². The molecular weight excluding hydrogens is 255 g/mol. The standard InChI is InChI=1S/C14H16F3NO/c1-3-5-12(4-2)18(10-19)13-8-6-11(7-9-13)14(15,16)17/h4,6-10,12H,2-3,5H2,1H3/t12-/m0/s1. The van der Waals surface area contributed by atoms with Crippen molar-refractivity contribution in [2.45, 2.75) is 32.0 Å². The summed E-state index contributed by atoms with van der Waals surface area (Å²) in [7, 11) is 0. The first-order valence-electron chi connectivity index (χ1n) is 5.97. The molecule has 19 heavy (non-hydrogen) atoms. The van der Waals surface area contributed by atoms with Crippen LogP contribution >= 0.6 is 0 Å². The van der Waals surface area contributed by atoms with Crippen molar-refractivity contribution in [1.29, 1.82) is 0 Å². The van der Waals surface area contributed by atoms with E-state index in [0.717, 1.165) is 18.6 Å². The largest absolute Gasteiger partial charge is 0.416 e. The zero-order chi connectivity index (χ0) is 14.5. The van der Waals surface area contributed by atoms with E-state index in [1.165, 1.54) is 17.0 Å². The van der Waals surface area contributed by atoms with Gasteiger partial charge in [-0.3, -0.25) is 4.79 Å². The van der Waals surface area contributed by atoms with Gasteiger partial charge >= 0.3 is 6.18 Å². The highest BCUT2D eigenvalue weighted by molar-refractivity contribution is 5.76. The Morgan fingerprint density at radius 3 is 2.26 bits per heavy atom. The molecule has 1 atom stereocenters. The third-order valence-corrected chi connectivity index (χ3v) is 2.82. The lowest BCUT2D eigenvalue weighted by Crippen LogP contribution is -2.32. The van der Waals surface area contributed by atoms with Crippen molar-refractivity contribution in [1.82, 2.24) is 0 Å². The van der Waals surface area contributed by atoms with E-state index in [2.05, 4.69) is 6.58 Å². The summed E-state index contributed by atoms with van der Waals surface area (Å²) in [4.78, 5) is 12.5. The van der Waals surface area contributed by atoms with Crippen LogP contribution in [0.4, 0.5) is 18.9 Å².